The Hall–Kier alpha value is -2.63. The van der Waals surface area contributed by atoms with Gasteiger partial charge in [-0.1, -0.05) is 37.3 Å². The van der Waals surface area contributed by atoms with E-state index in [0.717, 1.165) is 29.3 Å². The van der Waals surface area contributed by atoms with Gasteiger partial charge in [0.1, 0.15) is 11.0 Å². The molecule has 0 radical (unpaired) electrons. The van der Waals surface area contributed by atoms with Gasteiger partial charge in [0.2, 0.25) is 5.91 Å². The summed E-state index contributed by atoms with van der Waals surface area (Å²) in [6.45, 7) is 2.36. The summed E-state index contributed by atoms with van der Waals surface area (Å²) in [6.07, 6.45) is 8.87. The first-order valence-electron chi connectivity index (χ1n) is 9.88. The van der Waals surface area contributed by atoms with Crippen LogP contribution in [0, 0.1) is 6.92 Å². The highest BCUT2D eigenvalue weighted by Gasteiger charge is 2.15. The molecular formula is C21H26N4O2. The summed E-state index contributed by atoms with van der Waals surface area (Å²) < 4.78 is 1.53. The molecule has 3 aromatic rings. The number of carbonyl (C=O) groups excluding carboxylic acids is 1. The van der Waals surface area contributed by atoms with Crippen LogP contribution in [0.5, 0.6) is 0 Å². The summed E-state index contributed by atoms with van der Waals surface area (Å²) in [6, 6.07) is 6.30. The summed E-state index contributed by atoms with van der Waals surface area (Å²) in [5, 5.41) is 4.09. The quantitative estimate of drug-likeness (QED) is 0.695. The lowest BCUT2D eigenvalue weighted by molar-refractivity contribution is -0.122. The Bertz CT molecular complexity index is 1030. The van der Waals surface area contributed by atoms with Crippen LogP contribution in [-0.2, 0) is 11.3 Å². The van der Waals surface area contributed by atoms with Gasteiger partial charge in [-0.05, 0) is 31.9 Å². The van der Waals surface area contributed by atoms with Crippen molar-refractivity contribution in [2.24, 2.45) is 0 Å². The maximum atomic E-state index is 12.8. The van der Waals surface area contributed by atoms with Crippen LogP contribution in [0.15, 0.2) is 29.3 Å². The van der Waals surface area contributed by atoms with E-state index in [9.17, 15) is 9.59 Å². The molecule has 6 nitrogen and oxygen atoms in total. The van der Waals surface area contributed by atoms with Gasteiger partial charge < -0.3 is 10.3 Å². The minimum Gasteiger partial charge on any atom is -0.353 e. The summed E-state index contributed by atoms with van der Waals surface area (Å²) in [5.41, 5.74) is 3.10. The van der Waals surface area contributed by atoms with Crippen molar-refractivity contribution in [1.29, 1.82) is 0 Å². The second kappa shape index (κ2) is 7.55. The third kappa shape index (κ3) is 3.75. The molecule has 1 amide bonds. The molecule has 2 heterocycles. The Balaban J connectivity index is 1.49. The van der Waals surface area contributed by atoms with Gasteiger partial charge in [-0.25, -0.2) is 4.98 Å². The number of amides is 1. The van der Waals surface area contributed by atoms with Crippen LogP contribution in [-0.4, -0.2) is 26.5 Å². The third-order valence-corrected chi connectivity index (χ3v) is 5.53. The minimum absolute atomic E-state index is 0.0150. The van der Waals surface area contributed by atoms with Crippen molar-refractivity contribution in [2.75, 3.05) is 0 Å². The number of rotatable bonds is 4. The highest BCUT2D eigenvalue weighted by molar-refractivity contribution is 6.04. The first kappa shape index (κ1) is 17.8. The molecule has 1 aliphatic rings. The van der Waals surface area contributed by atoms with E-state index in [1.165, 1.54) is 30.3 Å². The fourth-order valence-corrected chi connectivity index (χ4v) is 4.01. The van der Waals surface area contributed by atoms with Crippen LogP contribution in [0.2, 0.25) is 0 Å². The maximum Gasteiger partial charge on any atom is 0.277 e. The van der Waals surface area contributed by atoms with Crippen molar-refractivity contribution in [3.8, 4) is 0 Å². The molecule has 1 aromatic carbocycles. The average molecular weight is 366 g/mol. The molecule has 0 saturated heterocycles. The normalized spacial score (nSPS) is 15.9. The number of H-pyrrole nitrogens is 1. The van der Waals surface area contributed by atoms with Crippen molar-refractivity contribution in [3.63, 3.8) is 0 Å². The first-order valence-corrected chi connectivity index (χ1v) is 9.88. The third-order valence-electron chi connectivity index (χ3n) is 5.53. The SMILES string of the molecule is Cc1ccc2[nH]c3c(=O)n(CCC(=O)NC4CCCCCC4)cnc3c2c1. The maximum absolute atomic E-state index is 12.8. The van der Waals surface area contributed by atoms with Crippen LogP contribution in [0.3, 0.4) is 0 Å². The second-order valence-corrected chi connectivity index (χ2v) is 7.65. The molecule has 0 atom stereocenters. The van der Waals surface area contributed by atoms with E-state index in [0.29, 0.717) is 24.0 Å². The van der Waals surface area contributed by atoms with E-state index in [4.69, 9.17) is 0 Å². The summed E-state index contributed by atoms with van der Waals surface area (Å²) >= 11 is 0. The van der Waals surface area contributed by atoms with Gasteiger partial charge in [-0.3, -0.25) is 14.2 Å². The Kier molecular flexibility index (Phi) is 4.97. The van der Waals surface area contributed by atoms with Crippen LogP contribution in [0.1, 0.15) is 50.5 Å². The molecule has 2 N–H and O–H groups in total. The largest absolute Gasteiger partial charge is 0.353 e. The summed E-state index contributed by atoms with van der Waals surface area (Å²) in [5.74, 6) is 0.0150. The monoisotopic (exact) mass is 366 g/mol. The zero-order valence-corrected chi connectivity index (χ0v) is 15.8. The minimum atomic E-state index is -0.129. The lowest BCUT2D eigenvalue weighted by Crippen LogP contribution is -2.35. The Morgan fingerprint density at radius 1 is 1.26 bits per heavy atom. The topological polar surface area (TPSA) is 79.8 Å². The van der Waals surface area contributed by atoms with Crippen LogP contribution >= 0.6 is 0 Å². The molecule has 0 bridgehead atoms. The molecule has 2 aromatic heterocycles. The van der Waals surface area contributed by atoms with Crippen molar-refractivity contribution < 1.29 is 4.79 Å². The van der Waals surface area contributed by atoms with Crippen molar-refractivity contribution in [3.05, 3.63) is 40.4 Å². The van der Waals surface area contributed by atoms with Gasteiger partial charge in [0.25, 0.3) is 5.56 Å². The average Bonchev–Trinajstić information content (AvgIpc) is 2.83. The van der Waals surface area contributed by atoms with E-state index < -0.39 is 0 Å². The van der Waals surface area contributed by atoms with E-state index >= 15 is 0 Å². The summed E-state index contributed by atoms with van der Waals surface area (Å²) in [4.78, 5) is 32.7. The number of hydrogen-bond acceptors (Lipinski definition) is 3. The molecule has 0 aliphatic heterocycles. The predicted octanol–water partition coefficient (Wildman–Crippen LogP) is 3.42. The fourth-order valence-electron chi connectivity index (χ4n) is 4.01. The van der Waals surface area contributed by atoms with Crippen molar-refractivity contribution in [2.45, 2.75) is 64.5 Å². The fraction of sp³-hybridized carbons (Fsp3) is 0.476. The number of hydrogen-bond donors (Lipinski definition) is 2. The zero-order valence-electron chi connectivity index (χ0n) is 15.8. The van der Waals surface area contributed by atoms with E-state index in [-0.39, 0.29) is 17.5 Å². The molecule has 142 valence electrons. The van der Waals surface area contributed by atoms with Gasteiger partial charge in [0, 0.05) is 29.9 Å². The van der Waals surface area contributed by atoms with Gasteiger partial charge in [0.05, 0.1) is 6.33 Å². The highest BCUT2D eigenvalue weighted by Crippen LogP contribution is 2.22. The lowest BCUT2D eigenvalue weighted by atomic mass is 10.1. The molecule has 0 spiro atoms. The number of carbonyl (C=O) groups is 1. The van der Waals surface area contributed by atoms with Crippen LogP contribution in [0.25, 0.3) is 21.9 Å². The van der Waals surface area contributed by atoms with Gasteiger partial charge in [-0.2, -0.15) is 0 Å². The molecule has 27 heavy (non-hydrogen) atoms. The van der Waals surface area contributed by atoms with Crippen molar-refractivity contribution >= 4 is 27.8 Å². The second-order valence-electron chi connectivity index (χ2n) is 7.65. The van der Waals surface area contributed by atoms with E-state index in [2.05, 4.69) is 15.3 Å². The van der Waals surface area contributed by atoms with Crippen LogP contribution < -0.4 is 10.9 Å². The number of aromatic nitrogens is 3. The summed E-state index contributed by atoms with van der Waals surface area (Å²) in [7, 11) is 0. The van der Waals surface area contributed by atoms with Crippen molar-refractivity contribution in [1.82, 2.24) is 19.9 Å². The first-order chi connectivity index (χ1) is 13.1. The molecule has 1 saturated carbocycles. The van der Waals surface area contributed by atoms with E-state index in [1.807, 2.05) is 25.1 Å². The Morgan fingerprint density at radius 3 is 2.81 bits per heavy atom. The van der Waals surface area contributed by atoms with Gasteiger partial charge in [-0.15, -0.1) is 0 Å². The predicted molar refractivity (Wildman–Crippen MR) is 107 cm³/mol. The standard InChI is InChI=1S/C21H26N4O2/c1-14-8-9-17-16(12-14)19-20(24-17)21(27)25(13-22-19)11-10-18(26)23-15-6-4-2-3-5-7-15/h8-9,12-13,15,24H,2-7,10-11H2,1H3,(H,23,26). The molecule has 4 rings (SSSR count). The number of benzene rings is 1. The molecule has 1 aliphatic carbocycles. The van der Waals surface area contributed by atoms with Crippen LogP contribution in [0.4, 0.5) is 0 Å². The Labute approximate surface area is 158 Å². The van der Waals surface area contributed by atoms with Gasteiger partial charge in [0.15, 0.2) is 0 Å². The molecule has 6 heteroatoms. The number of nitrogens with zero attached hydrogens (tertiary/aromatic N) is 2. The zero-order chi connectivity index (χ0) is 18.8. The smallest absolute Gasteiger partial charge is 0.277 e. The number of fused-ring (bicyclic) bond motifs is 3. The Morgan fingerprint density at radius 2 is 2.04 bits per heavy atom. The lowest BCUT2D eigenvalue weighted by Gasteiger charge is -2.16. The molecule has 0 unspecified atom stereocenters. The number of aryl methyl sites for hydroxylation is 2. The highest BCUT2D eigenvalue weighted by atomic mass is 16.2. The molecule has 1 fully saturated rings. The van der Waals surface area contributed by atoms with E-state index in [1.54, 1.807) is 6.33 Å². The van der Waals surface area contributed by atoms with Gasteiger partial charge >= 0.3 is 0 Å². The number of nitrogens with one attached hydrogen (secondary N) is 2. The number of aromatic amines is 1. The molecular weight excluding hydrogens is 340 g/mol.